The van der Waals surface area contributed by atoms with Crippen molar-refractivity contribution < 1.29 is 4.79 Å². The van der Waals surface area contributed by atoms with Gasteiger partial charge in [0.05, 0.1) is 0 Å². The van der Waals surface area contributed by atoms with Crippen LogP contribution in [0.15, 0.2) is 30.5 Å². The van der Waals surface area contributed by atoms with Gasteiger partial charge in [0.15, 0.2) is 0 Å². The monoisotopic (exact) mass is 215 g/mol. The fraction of sp³-hybridized carbons (Fsp3) is 0.167. The van der Waals surface area contributed by atoms with E-state index in [1.54, 1.807) is 26.4 Å². The molecular weight excluding hydrogens is 202 g/mol. The lowest BCUT2D eigenvalue weighted by atomic mass is 10.1. The maximum absolute atomic E-state index is 11.9. The molecule has 2 aromatic rings. The number of nitrogens with zero attached hydrogens (tertiary/aromatic N) is 2. The van der Waals surface area contributed by atoms with Crippen molar-refractivity contribution in [1.82, 2.24) is 9.88 Å². The van der Waals surface area contributed by atoms with Crippen molar-refractivity contribution in [2.75, 3.05) is 19.8 Å². The Morgan fingerprint density at radius 3 is 2.75 bits per heavy atom. The molecule has 0 saturated heterocycles. The van der Waals surface area contributed by atoms with E-state index in [1.165, 1.54) is 4.90 Å². The molecular formula is C12H13N3O. The molecule has 0 spiro atoms. The van der Waals surface area contributed by atoms with Gasteiger partial charge >= 0.3 is 0 Å². The van der Waals surface area contributed by atoms with E-state index < -0.39 is 0 Å². The van der Waals surface area contributed by atoms with Gasteiger partial charge in [0, 0.05) is 31.4 Å². The van der Waals surface area contributed by atoms with Crippen molar-refractivity contribution in [3.8, 4) is 0 Å². The Hall–Kier alpha value is -2.10. The Kier molecular flexibility index (Phi) is 2.48. The SMILES string of the molecule is CN(C)C(=O)c1nccc2cc(N)ccc12. The molecule has 1 aromatic carbocycles. The molecule has 0 radical (unpaired) electrons. The third-order valence-electron chi connectivity index (χ3n) is 2.40. The first-order chi connectivity index (χ1) is 7.59. The van der Waals surface area contributed by atoms with Crippen molar-refractivity contribution in [3.05, 3.63) is 36.2 Å². The first kappa shape index (κ1) is 10.4. The summed E-state index contributed by atoms with van der Waals surface area (Å²) < 4.78 is 0. The van der Waals surface area contributed by atoms with Crippen molar-refractivity contribution in [1.29, 1.82) is 0 Å². The molecule has 82 valence electrons. The van der Waals surface area contributed by atoms with Gasteiger partial charge in [0.25, 0.3) is 5.91 Å². The molecule has 0 aliphatic rings. The number of hydrogen-bond donors (Lipinski definition) is 1. The number of pyridine rings is 1. The first-order valence-corrected chi connectivity index (χ1v) is 4.95. The minimum absolute atomic E-state index is 0.102. The number of rotatable bonds is 1. The molecule has 4 nitrogen and oxygen atoms in total. The standard InChI is InChI=1S/C12H13N3O/c1-15(2)12(16)11-10-4-3-9(13)7-8(10)5-6-14-11/h3-7H,13H2,1-2H3. The molecule has 0 fully saturated rings. The number of hydrogen-bond acceptors (Lipinski definition) is 3. The van der Waals surface area contributed by atoms with E-state index >= 15 is 0 Å². The Morgan fingerprint density at radius 2 is 2.06 bits per heavy atom. The van der Waals surface area contributed by atoms with Gasteiger partial charge in [-0.05, 0) is 29.7 Å². The molecule has 0 saturated carbocycles. The zero-order valence-electron chi connectivity index (χ0n) is 9.27. The predicted octanol–water partition coefficient (Wildman–Crippen LogP) is 1.52. The summed E-state index contributed by atoms with van der Waals surface area (Å²) >= 11 is 0. The number of nitrogens with two attached hydrogens (primary N) is 1. The van der Waals surface area contributed by atoms with Crippen LogP contribution in [0.2, 0.25) is 0 Å². The van der Waals surface area contributed by atoms with Gasteiger partial charge < -0.3 is 10.6 Å². The van der Waals surface area contributed by atoms with Gasteiger partial charge in [-0.1, -0.05) is 0 Å². The largest absolute Gasteiger partial charge is 0.399 e. The van der Waals surface area contributed by atoms with Gasteiger partial charge in [-0.15, -0.1) is 0 Å². The minimum Gasteiger partial charge on any atom is -0.399 e. The van der Waals surface area contributed by atoms with E-state index in [2.05, 4.69) is 4.98 Å². The molecule has 0 unspecified atom stereocenters. The lowest BCUT2D eigenvalue weighted by Crippen LogP contribution is -2.22. The van der Waals surface area contributed by atoms with Gasteiger partial charge in [-0.25, -0.2) is 0 Å². The number of aromatic nitrogens is 1. The van der Waals surface area contributed by atoms with E-state index in [4.69, 9.17) is 5.73 Å². The fourth-order valence-electron chi connectivity index (χ4n) is 1.58. The van der Waals surface area contributed by atoms with Crippen LogP contribution in [0.4, 0.5) is 5.69 Å². The van der Waals surface area contributed by atoms with E-state index in [1.807, 2.05) is 18.2 Å². The highest BCUT2D eigenvalue weighted by Crippen LogP contribution is 2.20. The lowest BCUT2D eigenvalue weighted by molar-refractivity contribution is 0.0824. The Labute approximate surface area is 93.7 Å². The molecule has 1 aromatic heterocycles. The fourth-order valence-corrected chi connectivity index (χ4v) is 1.58. The number of nitrogen functional groups attached to an aromatic ring is 1. The normalized spacial score (nSPS) is 10.4. The minimum atomic E-state index is -0.102. The van der Waals surface area contributed by atoms with Crippen LogP contribution in [-0.2, 0) is 0 Å². The highest BCUT2D eigenvalue weighted by Gasteiger charge is 2.13. The van der Waals surface area contributed by atoms with Crippen LogP contribution in [0.3, 0.4) is 0 Å². The summed E-state index contributed by atoms with van der Waals surface area (Å²) in [6, 6.07) is 7.28. The Morgan fingerprint density at radius 1 is 1.31 bits per heavy atom. The maximum Gasteiger partial charge on any atom is 0.272 e. The lowest BCUT2D eigenvalue weighted by Gasteiger charge is -2.11. The summed E-state index contributed by atoms with van der Waals surface area (Å²) in [4.78, 5) is 17.5. The van der Waals surface area contributed by atoms with Crippen molar-refractivity contribution in [2.24, 2.45) is 0 Å². The second kappa shape index (κ2) is 3.81. The summed E-state index contributed by atoms with van der Waals surface area (Å²) in [6.45, 7) is 0. The second-order valence-electron chi connectivity index (χ2n) is 3.84. The summed E-state index contributed by atoms with van der Waals surface area (Å²) in [5.74, 6) is -0.102. The Bertz CT molecular complexity index is 549. The van der Waals surface area contributed by atoms with E-state index in [9.17, 15) is 4.79 Å². The zero-order chi connectivity index (χ0) is 11.7. The zero-order valence-corrected chi connectivity index (χ0v) is 9.27. The van der Waals surface area contributed by atoms with Crippen molar-refractivity contribution in [3.63, 3.8) is 0 Å². The molecule has 0 bridgehead atoms. The molecule has 1 heterocycles. The van der Waals surface area contributed by atoms with Gasteiger partial charge in [-0.2, -0.15) is 0 Å². The predicted molar refractivity (Wildman–Crippen MR) is 64.2 cm³/mol. The van der Waals surface area contributed by atoms with E-state index in [0.717, 1.165) is 10.8 Å². The number of amides is 1. The third kappa shape index (κ3) is 1.69. The van der Waals surface area contributed by atoms with Crippen molar-refractivity contribution >= 4 is 22.4 Å². The molecule has 0 atom stereocenters. The summed E-state index contributed by atoms with van der Waals surface area (Å²) in [5, 5.41) is 1.76. The summed E-state index contributed by atoms with van der Waals surface area (Å²) in [7, 11) is 3.42. The topological polar surface area (TPSA) is 59.2 Å². The van der Waals surface area contributed by atoms with E-state index in [-0.39, 0.29) is 5.91 Å². The molecule has 2 rings (SSSR count). The number of fused-ring (bicyclic) bond motifs is 1. The Balaban J connectivity index is 2.67. The highest BCUT2D eigenvalue weighted by atomic mass is 16.2. The van der Waals surface area contributed by atoms with Crippen LogP contribution in [0.1, 0.15) is 10.5 Å². The van der Waals surface area contributed by atoms with Crippen molar-refractivity contribution in [2.45, 2.75) is 0 Å². The van der Waals surface area contributed by atoms with Crippen LogP contribution in [0.5, 0.6) is 0 Å². The molecule has 1 amide bonds. The smallest absolute Gasteiger partial charge is 0.272 e. The number of benzene rings is 1. The molecule has 2 N–H and O–H groups in total. The molecule has 16 heavy (non-hydrogen) atoms. The first-order valence-electron chi connectivity index (χ1n) is 4.95. The summed E-state index contributed by atoms with van der Waals surface area (Å²) in [6.07, 6.45) is 1.62. The second-order valence-corrected chi connectivity index (χ2v) is 3.84. The number of carbonyl (C=O) groups excluding carboxylic acids is 1. The molecule has 0 aliphatic carbocycles. The number of anilines is 1. The van der Waals surface area contributed by atoms with Crippen LogP contribution >= 0.6 is 0 Å². The third-order valence-corrected chi connectivity index (χ3v) is 2.40. The van der Waals surface area contributed by atoms with Gasteiger partial charge in [0.1, 0.15) is 5.69 Å². The van der Waals surface area contributed by atoms with Crippen LogP contribution in [-0.4, -0.2) is 29.9 Å². The van der Waals surface area contributed by atoms with Crippen LogP contribution in [0, 0.1) is 0 Å². The van der Waals surface area contributed by atoms with Crippen LogP contribution < -0.4 is 5.73 Å². The average molecular weight is 215 g/mol. The summed E-state index contributed by atoms with van der Waals surface area (Å²) in [5.41, 5.74) is 6.84. The van der Waals surface area contributed by atoms with E-state index in [0.29, 0.717) is 11.4 Å². The average Bonchev–Trinajstić information content (AvgIpc) is 2.26. The maximum atomic E-state index is 11.9. The quantitative estimate of drug-likeness (QED) is 0.734. The van der Waals surface area contributed by atoms with Crippen LogP contribution in [0.25, 0.3) is 10.8 Å². The molecule has 0 aliphatic heterocycles. The molecule has 4 heteroatoms. The van der Waals surface area contributed by atoms with Gasteiger partial charge in [-0.3, -0.25) is 9.78 Å². The number of carbonyl (C=O) groups is 1. The highest BCUT2D eigenvalue weighted by molar-refractivity contribution is 6.05. The van der Waals surface area contributed by atoms with Gasteiger partial charge in [0.2, 0.25) is 0 Å².